The number of nitrogens with zero attached hydrogens (tertiary/aromatic N) is 2. The molecule has 140 valence electrons. The van der Waals surface area contributed by atoms with E-state index in [-0.39, 0.29) is 11.8 Å². The van der Waals surface area contributed by atoms with E-state index < -0.39 is 10.0 Å². The Morgan fingerprint density at radius 1 is 1.17 bits per heavy atom. The van der Waals surface area contributed by atoms with Gasteiger partial charge in [-0.3, -0.25) is 4.79 Å². The Balaban J connectivity index is 1.65. The lowest BCUT2D eigenvalue weighted by Gasteiger charge is -2.31. The van der Waals surface area contributed by atoms with Gasteiger partial charge < -0.3 is 10.2 Å². The van der Waals surface area contributed by atoms with Crippen molar-refractivity contribution in [3.8, 4) is 0 Å². The summed E-state index contributed by atoms with van der Waals surface area (Å²) >= 11 is 0. The van der Waals surface area contributed by atoms with Crippen LogP contribution in [-0.4, -0.2) is 69.1 Å². The van der Waals surface area contributed by atoms with Crippen LogP contribution in [0.2, 0.25) is 0 Å². The molecule has 24 heavy (non-hydrogen) atoms. The number of rotatable bonds is 7. The Morgan fingerprint density at radius 2 is 1.88 bits per heavy atom. The number of nitrogens with one attached hydrogen (secondary N) is 1. The zero-order valence-electron chi connectivity index (χ0n) is 15.2. The lowest BCUT2D eigenvalue weighted by Crippen LogP contribution is -2.45. The van der Waals surface area contributed by atoms with Gasteiger partial charge in [-0.2, -0.15) is 0 Å². The normalized spacial score (nSPS) is 24.2. The molecule has 0 radical (unpaired) electrons. The van der Waals surface area contributed by atoms with Crippen LogP contribution < -0.4 is 5.32 Å². The summed E-state index contributed by atoms with van der Waals surface area (Å²) in [5, 5.41) is 3.00. The molecule has 1 amide bonds. The molecule has 2 rings (SSSR count). The molecular weight excluding hydrogens is 326 g/mol. The summed E-state index contributed by atoms with van der Waals surface area (Å²) in [6.45, 7) is 2.54. The maximum absolute atomic E-state index is 12.3. The lowest BCUT2D eigenvalue weighted by atomic mass is 9.94. The molecule has 1 unspecified atom stereocenters. The molecule has 0 aromatic heterocycles. The third-order valence-corrected chi connectivity index (χ3v) is 6.68. The third-order valence-electron chi connectivity index (χ3n) is 5.41. The van der Waals surface area contributed by atoms with Crippen LogP contribution in [0.25, 0.3) is 0 Å². The second kappa shape index (κ2) is 9.15. The fourth-order valence-corrected chi connectivity index (χ4v) is 4.76. The highest BCUT2D eigenvalue weighted by Crippen LogP contribution is 2.21. The summed E-state index contributed by atoms with van der Waals surface area (Å²) in [5.41, 5.74) is 0. The average Bonchev–Trinajstić information content (AvgIpc) is 2.58. The Hall–Kier alpha value is -0.660. The van der Waals surface area contributed by atoms with E-state index in [0.717, 1.165) is 25.8 Å². The molecule has 7 heteroatoms. The van der Waals surface area contributed by atoms with Crippen molar-refractivity contribution in [2.24, 2.45) is 5.92 Å². The number of carbonyl (C=O) groups excluding carboxylic acids is 1. The van der Waals surface area contributed by atoms with Gasteiger partial charge in [-0.15, -0.1) is 0 Å². The standard InChI is InChI=1S/C17H33N3O3S/c1-19(16-9-4-3-5-10-16)12-7-11-18-17(21)15-8-6-13-20(14-15)24(2,22)23/h15-16H,3-14H2,1-2H3,(H,18,21). The van der Waals surface area contributed by atoms with E-state index in [1.807, 2.05) is 0 Å². The Kier molecular flexibility index (Phi) is 7.50. The Bertz CT molecular complexity index is 503. The largest absolute Gasteiger partial charge is 0.356 e. The van der Waals surface area contributed by atoms with Gasteiger partial charge in [-0.25, -0.2) is 12.7 Å². The minimum atomic E-state index is -3.19. The van der Waals surface area contributed by atoms with Crippen molar-refractivity contribution in [1.29, 1.82) is 0 Å². The second-order valence-corrected chi connectivity index (χ2v) is 9.36. The third kappa shape index (κ3) is 6.01. The van der Waals surface area contributed by atoms with Crippen LogP contribution in [0.1, 0.15) is 51.4 Å². The van der Waals surface area contributed by atoms with Gasteiger partial charge >= 0.3 is 0 Å². The predicted octanol–water partition coefficient (Wildman–Crippen LogP) is 1.43. The molecule has 2 aliphatic rings. The molecule has 1 saturated heterocycles. The number of carbonyl (C=O) groups is 1. The Labute approximate surface area is 147 Å². The van der Waals surface area contributed by atoms with Crippen molar-refractivity contribution in [1.82, 2.24) is 14.5 Å². The van der Waals surface area contributed by atoms with E-state index in [4.69, 9.17) is 0 Å². The summed E-state index contributed by atoms with van der Waals surface area (Å²) in [4.78, 5) is 14.7. The summed E-state index contributed by atoms with van der Waals surface area (Å²) in [5.74, 6) is -0.201. The molecule has 0 aromatic carbocycles. The predicted molar refractivity (Wildman–Crippen MR) is 96.3 cm³/mol. The second-order valence-electron chi connectivity index (χ2n) is 7.38. The fourth-order valence-electron chi connectivity index (χ4n) is 3.85. The van der Waals surface area contributed by atoms with Crippen LogP contribution in [0.5, 0.6) is 0 Å². The first kappa shape index (κ1) is 19.7. The quantitative estimate of drug-likeness (QED) is 0.698. The Morgan fingerprint density at radius 3 is 2.54 bits per heavy atom. The molecule has 1 atom stereocenters. The first-order valence-electron chi connectivity index (χ1n) is 9.31. The maximum Gasteiger partial charge on any atom is 0.224 e. The molecule has 1 N–H and O–H groups in total. The number of piperidine rings is 1. The minimum absolute atomic E-state index is 0.00340. The van der Waals surface area contributed by atoms with Crippen LogP contribution >= 0.6 is 0 Å². The van der Waals surface area contributed by atoms with Crippen LogP contribution in [0.3, 0.4) is 0 Å². The molecule has 1 heterocycles. The monoisotopic (exact) mass is 359 g/mol. The van der Waals surface area contributed by atoms with Crippen LogP contribution in [0.4, 0.5) is 0 Å². The van der Waals surface area contributed by atoms with E-state index in [2.05, 4.69) is 17.3 Å². The number of hydrogen-bond donors (Lipinski definition) is 1. The van der Waals surface area contributed by atoms with Gasteiger partial charge in [-0.05, 0) is 45.7 Å². The van der Waals surface area contributed by atoms with Crippen molar-refractivity contribution in [3.63, 3.8) is 0 Å². The van der Waals surface area contributed by atoms with E-state index >= 15 is 0 Å². The highest BCUT2D eigenvalue weighted by molar-refractivity contribution is 7.88. The molecule has 1 aliphatic heterocycles. The van der Waals surface area contributed by atoms with Crippen molar-refractivity contribution in [3.05, 3.63) is 0 Å². The first-order valence-corrected chi connectivity index (χ1v) is 11.2. The molecule has 0 bridgehead atoms. The molecule has 6 nitrogen and oxygen atoms in total. The number of amides is 1. The molecule has 1 saturated carbocycles. The summed E-state index contributed by atoms with van der Waals surface area (Å²) in [6, 6.07) is 0.705. The first-order chi connectivity index (χ1) is 11.4. The number of hydrogen-bond acceptors (Lipinski definition) is 4. The SMILES string of the molecule is CN(CCCNC(=O)C1CCCN(S(C)(=O)=O)C1)C1CCCCC1. The molecule has 2 fully saturated rings. The van der Waals surface area contributed by atoms with Gasteiger partial charge in [-0.1, -0.05) is 19.3 Å². The van der Waals surface area contributed by atoms with E-state index in [9.17, 15) is 13.2 Å². The van der Waals surface area contributed by atoms with Gasteiger partial charge in [0, 0.05) is 25.7 Å². The number of sulfonamides is 1. The maximum atomic E-state index is 12.3. The van der Waals surface area contributed by atoms with Gasteiger partial charge in [0.05, 0.1) is 12.2 Å². The van der Waals surface area contributed by atoms with Gasteiger partial charge in [0.2, 0.25) is 15.9 Å². The molecule has 0 aromatic rings. The van der Waals surface area contributed by atoms with Crippen LogP contribution in [0.15, 0.2) is 0 Å². The van der Waals surface area contributed by atoms with Crippen molar-refractivity contribution in [2.75, 3.05) is 39.5 Å². The summed E-state index contributed by atoms with van der Waals surface area (Å²) in [6.07, 6.45) is 10.3. The topological polar surface area (TPSA) is 69.7 Å². The van der Waals surface area contributed by atoms with Crippen molar-refractivity contribution >= 4 is 15.9 Å². The van der Waals surface area contributed by atoms with E-state index in [0.29, 0.717) is 25.7 Å². The zero-order valence-corrected chi connectivity index (χ0v) is 16.0. The van der Waals surface area contributed by atoms with Crippen molar-refractivity contribution < 1.29 is 13.2 Å². The van der Waals surface area contributed by atoms with E-state index in [1.54, 1.807) is 0 Å². The summed E-state index contributed by atoms with van der Waals surface area (Å²) < 4.78 is 24.7. The highest BCUT2D eigenvalue weighted by atomic mass is 32.2. The van der Waals surface area contributed by atoms with Crippen molar-refractivity contribution in [2.45, 2.75) is 57.4 Å². The molecule has 0 spiro atoms. The van der Waals surface area contributed by atoms with Gasteiger partial charge in [0.1, 0.15) is 0 Å². The van der Waals surface area contributed by atoms with Crippen LogP contribution in [0, 0.1) is 5.92 Å². The minimum Gasteiger partial charge on any atom is -0.356 e. The molecular formula is C17H33N3O3S. The van der Waals surface area contributed by atoms with Crippen LogP contribution in [-0.2, 0) is 14.8 Å². The summed E-state index contributed by atoms with van der Waals surface area (Å²) in [7, 11) is -1.01. The smallest absolute Gasteiger partial charge is 0.224 e. The zero-order chi connectivity index (χ0) is 17.6. The average molecular weight is 360 g/mol. The lowest BCUT2D eigenvalue weighted by molar-refractivity contribution is -0.126. The van der Waals surface area contributed by atoms with Gasteiger partial charge in [0.25, 0.3) is 0 Å². The highest BCUT2D eigenvalue weighted by Gasteiger charge is 2.29. The van der Waals surface area contributed by atoms with E-state index in [1.165, 1.54) is 42.7 Å². The van der Waals surface area contributed by atoms with Gasteiger partial charge in [0.15, 0.2) is 0 Å². The fraction of sp³-hybridized carbons (Fsp3) is 0.941. The molecule has 1 aliphatic carbocycles.